The molecule has 1 aliphatic carbocycles. The summed E-state index contributed by atoms with van der Waals surface area (Å²) in [6.45, 7) is 5.59. The lowest BCUT2D eigenvalue weighted by Gasteiger charge is -2.27. The highest BCUT2D eigenvalue weighted by Crippen LogP contribution is 2.32. The molecule has 0 heterocycles. The molecule has 0 radical (unpaired) electrons. The van der Waals surface area contributed by atoms with Crippen LogP contribution in [0.3, 0.4) is 0 Å². The second kappa shape index (κ2) is 8.19. The summed E-state index contributed by atoms with van der Waals surface area (Å²) in [7, 11) is 0. The summed E-state index contributed by atoms with van der Waals surface area (Å²) >= 11 is 3.49. The van der Waals surface area contributed by atoms with Gasteiger partial charge in [-0.25, -0.2) is 0 Å². The van der Waals surface area contributed by atoms with Gasteiger partial charge in [0.2, 0.25) is 0 Å². The number of benzene rings is 1. The van der Waals surface area contributed by atoms with Gasteiger partial charge in [0.25, 0.3) is 0 Å². The Balaban J connectivity index is 1.86. The van der Waals surface area contributed by atoms with Crippen molar-refractivity contribution in [3.05, 3.63) is 28.2 Å². The predicted molar refractivity (Wildman–Crippen MR) is 92.6 cm³/mol. The van der Waals surface area contributed by atoms with Crippen molar-refractivity contribution in [3.63, 3.8) is 0 Å². The zero-order chi connectivity index (χ0) is 15.2. The van der Waals surface area contributed by atoms with Gasteiger partial charge in [0, 0.05) is 16.1 Å². The van der Waals surface area contributed by atoms with Crippen LogP contribution in [0.25, 0.3) is 0 Å². The van der Waals surface area contributed by atoms with E-state index in [-0.39, 0.29) is 6.04 Å². The van der Waals surface area contributed by atoms with Crippen LogP contribution in [0.15, 0.2) is 22.7 Å². The summed E-state index contributed by atoms with van der Waals surface area (Å²) in [5, 5.41) is 13.7. The smallest absolute Gasteiger partial charge is 0.120 e. The van der Waals surface area contributed by atoms with E-state index in [0.717, 1.165) is 34.8 Å². The van der Waals surface area contributed by atoms with Crippen LogP contribution in [0.5, 0.6) is 5.75 Å². The second-order valence-corrected chi connectivity index (χ2v) is 7.46. The molecule has 0 bridgehead atoms. The Hall–Kier alpha value is -0.540. The van der Waals surface area contributed by atoms with Gasteiger partial charge in [-0.3, -0.25) is 0 Å². The van der Waals surface area contributed by atoms with E-state index in [0.29, 0.717) is 5.75 Å². The lowest BCUT2D eigenvalue weighted by molar-refractivity contribution is 0.264. The number of phenolic OH excluding ortho intramolecular Hbond substituents is 1. The number of hydrogen-bond donors (Lipinski definition) is 2. The number of halogens is 1. The molecule has 2 rings (SSSR count). The number of rotatable bonds is 6. The van der Waals surface area contributed by atoms with E-state index in [1.165, 1.54) is 32.1 Å². The highest BCUT2D eigenvalue weighted by atomic mass is 79.9. The minimum Gasteiger partial charge on any atom is -0.508 e. The first-order chi connectivity index (χ1) is 10.1. The summed E-state index contributed by atoms with van der Waals surface area (Å²) in [4.78, 5) is 0. The van der Waals surface area contributed by atoms with Crippen LogP contribution in [-0.2, 0) is 0 Å². The molecule has 2 N–H and O–H groups in total. The molecular formula is C18H28BrNO. The number of phenols is 1. The van der Waals surface area contributed by atoms with Gasteiger partial charge in [0.05, 0.1) is 0 Å². The molecule has 1 fully saturated rings. The van der Waals surface area contributed by atoms with Crippen molar-refractivity contribution in [3.8, 4) is 5.75 Å². The fraction of sp³-hybridized carbons (Fsp3) is 0.667. The van der Waals surface area contributed by atoms with Gasteiger partial charge in [-0.15, -0.1) is 0 Å². The van der Waals surface area contributed by atoms with Crippen molar-refractivity contribution in [2.75, 3.05) is 6.54 Å². The SMILES string of the molecule is CCC(NCCC1CCCC(C)C1)c1cc(Br)ccc1O. The van der Waals surface area contributed by atoms with E-state index < -0.39 is 0 Å². The topological polar surface area (TPSA) is 32.3 Å². The Labute approximate surface area is 137 Å². The molecule has 1 aromatic rings. The van der Waals surface area contributed by atoms with Crippen LogP contribution in [0.4, 0.5) is 0 Å². The fourth-order valence-electron chi connectivity index (χ4n) is 3.56. The maximum atomic E-state index is 10.1. The Bertz CT molecular complexity index is 449. The fourth-order valence-corrected chi connectivity index (χ4v) is 3.94. The molecule has 0 aromatic heterocycles. The third kappa shape index (κ3) is 5.00. The van der Waals surface area contributed by atoms with Gasteiger partial charge in [0.15, 0.2) is 0 Å². The van der Waals surface area contributed by atoms with Crippen LogP contribution < -0.4 is 5.32 Å². The van der Waals surface area contributed by atoms with Crippen LogP contribution in [0.1, 0.15) is 64.0 Å². The van der Waals surface area contributed by atoms with Crippen molar-refractivity contribution in [2.24, 2.45) is 11.8 Å². The molecule has 1 aliphatic rings. The average molecular weight is 354 g/mol. The van der Waals surface area contributed by atoms with Gasteiger partial charge in [-0.1, -0.05) is 49.0 Å². The first kappa shape index (κ1) is 16.8. The molecule has 0 spiro atoms. The summed E-state index contributed by atoms with van der Waals surface area (Å²) in [6.07, 6.45) is 7.84. The molecule has 21 heavy (non-hydrogen) atoms. The first-order valence-electron chi connectivity index (χ1n) is 8.32. The number of nitrogens with one attached hydrogen (secondary N) is 1. The van der Waals surface area contributed by atoms with E-state index in [4.69, 9.17) is 0 Å². The standard InChI is InChI=1S/C18H28BrNO/c1-3-17(16-12-15(19)7-8-18(16)21)20-10-9-14-6-4-5-13(2)11-14/h7-8,12-14,17,20-21H,3-6,9-11H2,1-2H3. The lowest BCUT2D eigenvalue weighted by atomic mass is 9.81. The summed E-state index contributed by atoms with van der Waals surface area (Å²) in [5.41, 5.74) is 1.00. The zero-order valence-electron chi connectivity index (χ0n) is 13.2. The van der Waals surface area contributed by atoms with Gasteiger partial charge in [0.1, 0.15) is 5.75 Å². The zero-order valence-corrected chi connectivity index (χ0v) is 14.8. The Morgan fingerprint density at radius 2 is 2.19 bits per heavy atom. The van der Waals surface area contributed by atoms with Gasteiger partial charge in [-0.05, 0) is 55.8 Å². The predicted octanol–water partition coefficient (Wildman–Crippen LogP) is 5.41. The van der Waals surface area contributed by atoms with Crippen LogP contribution in [0.2, 0.25) is 0 Å². The molecule has 2 nitrogen and oxygen atoms in total. The van der Waals surface area contributed by atoms with E-state index in [1.54, 1.807) is 6.07 Å². The first-order valence-corrected chi connectivity index (χ1v) is 9.11. The van der Waals surface area contributed by atoms with Crippen molar-refractivity contribution in [1.82, 2.24) is 5.32 Å². The van der Waals surface area contributed by atoms with Crippen molar-refractivity contribution < 1.29 is 5.11 Å². The van der Waals surface area contributed by atoms with Crippen molar-refractivity contribution in [1.29, 1.82) is 0 Å². The normalized spacial score (nSPS) is 24.0. The van der Waals surface area contributed by atoms with E-state index >= 15 is 0 Å². The number of hydrogen-bond acceptors (Lipinski definition) is 2. The van der Waals surface area contributed by atoms with Gasteiger partial charge < -0.3 is 10.4 Å². The highest BCUT2D eigenvalue weighted by molar-refractivity contribution is 9.10. The van der Waals surface area contributed by atoms with E-state index in [9.17, 15) is 5.11 Å². The van der Waals surface area contributed by atoms with Crippen LogP contribution in [0, 0.1) is 11.8 Å². The third-order valence-corrected chi connectivity index (χ3v) is 5.25. The second-order valence-electron chi connectivity index (χ2n) is 6.54. The Morgan fingerprint density at radius 3 is 2.90 bits per heavy atom. The minimum absolute atomic E-state index is 0.239. The molecule has 1 aromatic carbocycles. The largest absolute Gasteiger partial charge is 0.508 e. The molecule has 0 amide bonds. The Kier molecular flexibility index (Phi) is 6.56. The highest BCUT2D eigenvalue weighted by Gasteiger charge is 2.19. The Morgan fingerprint density at radius 1 is 1.38 bits per heavy atom. The average Bonchev–Trinajstić information content (AvgIpc) is 2.47. The number of aromatic hydroxyl groups is 1. The van der Waals surface area contributed by atoms with E-state index in [1.807, 2.05) is 12.1 Å². The molecule has 3 heteroatoms. The van der Waals surface area contributed by atoms with E-state index in [2.05, 4.69) is 35.1 Å². The molecular weight excluding hydrogens is 326 g/mol. The minimum atomic E-state index is 0.239. The maximum Gasteiger partial charge on any atom is 0.120 e. The van der Waals surface area contributed by atoms with Gasteiger partial charge >= 0.3 is 0 Å². The summed E-state index contributed by atoms with van der Waals surface area (Å²) < 4.78 is 1.02. The molecule has 0 saturated heterocycles. The molecule has 0 aliphatic heterocycles. The lowest BCUT2D eigenvalue weighted by Crippen LogP contribution is -2.25. The monoisotopic (exact) mass is 353 g/mol. The molecule has 3 unspecified atom stereocenters. The third-order valence-electron chi connectivity index (χ3n) is 4.76. The van der Waals surface area contributed by atoms with Crippen molar-refractivity contribution in [2.45, 2.75) is 58.4 Å². The quantitative estimate of drug-likeness (QED) is 0.716. The van der Waals surface area contributed by atoms with Crippen LogP contribution in [-0.4, -0.2) is 11.7 Å². The van der Waals surface area contributed by atoms with Crippen LogP contribution >= 0.6 is 15.9 Å². The molecule has 1 saturated carbocycles. The van der Waals surface area contributed by atoms with Gasteiger partial charge in [-0.2, -0.15) is 0 Å². The summed E-state index contributed by atoms with van der Waals surface area (Å²) in [6, 6.07) is 5.92. The van der Waals surface area contributed by atoms with Crippen molar-refractivity contribution >= 4 is 15.9 Å². The molecule has 118 valence electrons. The summed E-state index contributed by atoms with van der Waals surface area (Å²) in [5.74, 6) is 2.18. The molecule has 3 atom stereocenters. The maximum absolute atomic E-state index is 10.1.